The summed E-state index contributed by atoms with van der Waals surface area (Å²) >= 11 is 0. The molecule has 0 bridgehead atoms. The SMILES string of the molecule is CCN(C(=O)COc1ccc(-c2noc(C)n2)cc1)c1ccccc1. The Balaban J connectivity index is 1.62. The summed E-state index contributed by atoms with van der Waals surface area (Å²) < 4.78 is 10.6. The molecule has 0 fully saturated rings. The smallest absolute Gasteiger partial charge is 0.264 e. The van der Waals surface area contributed by atoms with Gasteiger partial charge in [0.1, 0.15) is 5.75 Å². The molecule has 0 radical (unpaired) electrons. The van der Waals surface area contributed by atoms with Gasteiger partial charge in [-0.1, -0.05) is 23.4 Å². The lowest BCUT2D eigenvalue weighted by molar-refractivity contribution is -0.120. The minimum Gasteiger partial charge on any atom is -0.484 e. The van der Waals surface area contributed by atoms with Crippen molar-refractivity contribution in [3.8, 4) is 17.1 Å². The van der Waals surface area contributed by atoms with Crippen molar-refractivity contribution in [2.75, 3.05) is 18.1 Å². The molecule has 0 saturated carbocycles. The molecular formula is C19H19N3O3. The molecule has 2 aromatic carbocycles. The van der Waals surface area contributed by atoms with Gasteiger partial charge in [0, 0.05) is 24.7 Å². The molecular weight excluding hydrogens is 318 g/mol. The van der Waals surface area contributed by atoms with Gasteiger partial charge >= 0.3 is 0 Å². The van der Waals surface area contributed by atoms with Crippen LogP contribution in [0.1, 0.15) is 12.8 Å². The highest BCUT2D eigenvalue weighted by Crippen LogP contribution is 2.20. The van der Waals surface area contributed by atoms with E-state index in [0.29, 0.717) is 24.0 Å². The third-order valence-corrected chi connectivity index (χ3v) is 3.69. The van der Waals surface area contributed by atoms with Crippen LogP contribution in [0, 0.1) is 6.92 Å². The monoisotopic (exact) mass is 337 g/mol. The first kappa shape index (κ1) is 16.7. The predicted octanol–water partition coefficient (Wildman–Crippen LogP) is 3.48. The number of hydrogen-bond acceptors (Lipinski definition) is 5. The minimum atomic E-state index is -0.0911. The Hall–Kier alpha value is -3.15. The van der Waals surface area contributed by atoms with Crippen LogP contribution in [0.15, 0.2) is 59.1 Å². The zero-order chi connectivity index (χ0) is 17.6. The molecule has 128 valence electrons. The van der Waals surface area contributed by atoms with Crippen molar-refractivity contribution in [2.45, 2.75) is 13.8 Å². The number of nitrogens with zero attached hydrogens (tertiary/aromatic N) is 3. The van der Waals surface area contributed by atoms with Gasteiger partial charge in [-0.3, -0.25) is 4.79 Å². The summed E-state index contributed by atoms with van der Waals surface area (Å²) in [4.78, 5) is 18.3. The van der Waals surface area contributed by atoms with E-state index < -0.39 is 0 Å². The number of para-hydroxylation sites is 1. The van der Waals surface area contributed by atoms with Gasteiger partial charge in [0.05, 0.1) is 0 Å². The van der Waals surface area contributed by atoms with Crippen molar-refractivity contribution in [3.63, 3.8) is 0 Å². The number of carbonyl (C=O) groups is 1. The van der Waals surface area contributed by atoms with Crippen LogP contribution in [0.25, 0.3) is 11.4 Å². The summed E-state index contributed by atoms with van der Waals surface area (Å²) in [6.07, 6.45) is 0. The molecule has 1 aromatic heterocycles. The number of hydrogen-bond donors (Lipinski definition) is 0. The van der Waals surface area contributed by atoms with Crippen LogP contribution in [0.5, 0.6) is 5.75 Å². The fraction of sp³-hybridized carbons (Fsp3) is 0.211. The molecule has 0 aliphatic heterocycles. The summed E-state index contributed by atoms with van der Waals surface area (Å²) in [7, 11) is 0. The summed E-state index contributed by atoms with van der Waals surface area (Å²) in [5.74, 6) is 1.57. The molecule has 3 aromatic rings. The fourth-order valence-corrected chi connectivity index (χ4v) is 2.45. The van der Waals surface area contributed by atoms with Crippen LogP contribution < -0.4 is 9.64 Å². The quantitative estimate of drug-likeness (QED) is 0.689. The summed E-state index contributed by atoms with van der Waals surface area (Å²) in [6, 6.07) is 16.8. The fourth-order valence-electron chi connectivity index (χ4n) is 2.45. The van der Waals surface area contributed by atoms with Crippen molar-refractivity contribution in [1.82, 2.24) is 10.1 Å². The van der Waals surface area contributed by atoms with Crippen LogP contribution in [0.4, 0.5) is 5.69 Å². The first-order valence-electron chi connectivity index (χ1n) is 8.06. The van der Waals surface area contributed by atoms with Crippen LogP contribution in [-0.2, 0) is 4.79 Å². The second-order valence-corrected chi connectivity index (χ2v) is 5.42. The van der Waals surface area contributed by atoms with E-state index in [0.717, 1.165) is 11.3 Å². The van der Waals surface area contributed by atoms with Crippen LogP contribution in [0.2, 0.25) is 0 Å². The molecule has 6 nitrogen and oxygen atoms in total. The van der Waals surface area contributed by atoms with E-state index in [1.165, 1.54) is 0 Å². The maximum Gasteiger partial charge on any atom is 0.264 e. The number of amides is 1. The Morgan fingerprint density at radius 2 is 1.84 bits per heavy atom. The second-order valence-electron chi connectivity index (χ2n) is 5.42. The van der Waals surface area contributed by atoms with E-state index in [-0.39, 0.29) is 12.5 Å². The molecule has 0 aliphatic carbocycles. The van der Waals surface area contributed by atoms with Gasteiger partial charge in [0.2, 0.25) is 11.7 Å². The van der Waals surface area contributed by atoms with E-state index in [9.17, 15) is 4.79 Å². The topological polar surface area (TPSA) is 68.5 Å². The van der Waals surface area contributed by atoms with E-state index in [2.05, 4.69) is 10.1 Å². The van der Waals surface area contributed by atoms with Gasteiger partial charge in [-0.25, -0.2) is 0 Å². The molecule has 3 rings (SSSR count). The normalized spacial score (nSPS) is 10.5. The number of ether oxygens (including phenoxy) is 1. The highest BCUT2D eigenvalue weighted by atomic mass is 16.5. The highest BCUT2D eigenvalue weighted by Gasteiger charge is 2.14. The van der Waals surface area contributed by atoms with E-state index in [1.54, 1.807) is 24.0 Å². The number of carbonyl (C=O) groups excluding carboxylic acids is 1. The summed E-state index contributed by atoms with van der Waals surface area (Å²) in [5.41, 5.74) is 1.69. The predicted molar refractivity (Wildman–Crippen MR) is 94.4 cm³/mol. The molecule has 0 aliphatic rings. The first-order chi connectivity index (χ1) is 12.2. The number of rotatable bonds is 6. The second kappa shape index (κ2) is 7.61. The molecule has 0 atom stereocenters. The summed E-state index contributed by atoms with van der Waals surface area (Å²) in [6.45, 7) is 4.24. The first-order valence-corrected chi connectivity index (χ1v) is 8.06. The maximum atomic E-state index is 12.4. The lowest BCUT2D eigenvalue weighted by Crippen LogP contribution is -2.34. The third kappa shape index (κ3) is 4.03. The van der Waals surface area contributed by atoms with E-state index >= 15 is 0 Å². The van der Waals surface area contributed by atoms with Crippen molar-refractivity contribution >= 4 is 11.6 Å². The Morgan fingerprint density at radius 3 is 2.44 bits per heavy atom. The number of benzene rings is 2. The Kier molecular flexibility index (Phi) is 5.09. The van der Waals surface area contributed by atoms with Gasteiger partial charge in [0.15, 0.2) is 6.61 Å². The molecule has 0 saturated heterocycles. The van der Waals surface area contributed by atoms with Gasteiger partial charge in [-0.2, -0.15) is 4.98 Å². The zero-order valence-corrected chi connectivity index (χ0v) is 14.2. The molecule has 0 unspecified atom stereocenters. The van der Waals surface area contributed by atoms with Crippen LogP contribution in [0.3, 0.4) is 0 Å². The van der Waals surface area contributed by atoms with Crippen LogP contribution >= 0.6 is 0 Å². The van der Waals surface area contributed by atoms with Crippen LogP contribution in [-0.4, -0.2) is 29.2 Å². The third-order valence-electron chi connectivity index (χ3n) is 3.69. The number of likely N-dealkylation sites (N-methyl/N-ethyl adjacent to an activating group) is 1. The van der Waals surface area contributed by atoms with Gasteiger partial charge < -0.3 is 14.2 Å². The highest BCUT2D eigenvalue weighted by molar-refractivity contribution is 5.94. The lowest BCUT2D eigenvalue weighted by Gasteiger charge is -2.21. The van der Waals surface area contributed by atoms with Gasteiger partial charge in [0.25, 0.3) is 5.91 Å². The van der Waals surface area contributed by atoms with Crippen molar-refractivity contribution in [1.29, 1.82) is 0 Å². The lowest BCUT2D eigenvalue weighted by atomic mass is 10.2. The largest absolute Gasteiger partial charge is 0.484 e. The molecule has 0 N–H and O–H groups in total. The average molecular weight is 337 g/mol. The van der Waals surface area contributed by atoms with Crippen molar-refractivity contribution < 1.29 is 14.1 Å². The molecule has 1 amide bonds. The molecule has 1 heterocycles. The zero-order valence-electron chi connectivity index (χ0n) is 14.2. The number of anilines is 1. The van der Waals surface area contributed by atoms with Gasteiger partial charge in [-0.05, 0) is 43.3 Å². The summed E-state index contributed by atoms with van der Waals surface area (Å²) in [5, 5.41) is 3.87. The molecule has 0 spiro atoms. The minimum absolute atomic E-state index is 0.0244. The van der Waals surface area contributed by atoms with Crippen molar-refractivity contribution in [2.24, 2.45) is 0 Å². The Labute approximate surface area is 146 Å². The Morgan fingerprint density at radius 1 is 1.12 bits per heavy atom. The maximum absolute atomic E-state index is 12.4. The Bertz CT molecular complexity index is 829. The standard InChI is InChI=1S/C19H19N3O3/c1-3-22(16-7-5-4-6-8-16)18(23)13-24-17-11-9-15(10-12-17)19-20-14(2)25-21-19/h4-12H,3,13H2,1-2H3. The van der Waals surface area contributed by atoms with E-state index in [4.69, 9.17) is 9.26 Å². The van der Waals surface area contributed by atoms with Crippen molar-refractivity contribution in [3.05, 3.63) is 60.5 Å². The number of aryl methyl sites for hydroxylation is 1. The molecule has 25 heavy (non-hydrogen) atoms. The molecule has 6 heteroatoms. The average Bonchev–Trinajstić information content (AvgIpc) is 3.08. The van der Waals surface area contributed by atoms with Gasteiger partial charge in [-0.15, -0.1) is 0 Å². The number of aromatic nitrogens is 2. The van der Waals surface area contributed by atoms with E-state index in [1.807, 2.05) is 49.4 Å².